The normalized spacial score (nSPS) is 11.6. The highest BCUT2D eigenvalue weighted by atomic mass is 15.0. The zero-order valence-electron chi connectivity index (χ0n) is 36.4. The van der Waals surface area contributed by atoms with E-state index in [2.05, 4.69) is 247 Å². The molecule has 0 fully saturated rings. The van der Waals surface area contributed by atoms with Crippen molar-refractivity contribution in [3.05, 3.63) is 243 Å². The molecular weight excluding hydrogens is 813 g/mol. The third kappa shape index (κ3) is 6.91. The van der Waals surface area contributed by atoms with Crippen LogP contribution in [0.3, 0.4) is 0 Å². The van der Waals surface area contributed by atoms with E-state index < -0.39 is 0 Å². The minimum Gasteiger partial charge on any atom is -0.309 e. The van der Waals surface area contributed by atoms with Crippen molar-refractivity contribution in [1.29, 1.82) is 0 Å². The summed E-state index contributed by atoms with van der Waals surface area (Å²) in [7, 11) is 0. The summed E-state index contributed by atoms with van der Waals surface area (Å²) in [5.74, 6) is 1.83. The van der Waals surface area contributed by atoms with E-state index in [1.807, 2.05) is 0 Å². The number of rotatable bonds is 7. The fraction of sp³-hybridized carbons (Fsp3) is 0. The van der Waals surface area contributed by atoms with E-state index in [4.69, 9.17) is 15.0 Å². The van der Waals surface area contributed by atoms with Crippen molar-refractivity contribution in [2.45, 2.75) is 0 Å². The predicted molar refractivity (Wildman–Crippen MR) is 279 cm³/mol. The Balaban J connectivity index is 0.998. The summed E-state index contributed by atoms with van der Waals surface area (Å²) in [6.45, 7) is 0. The van der Waals surface area contributed by atoms with E-state index in [-0.39, 0.29) is 0 Å². The first-order valence-corrected chi connectivity index (χ1v) is 22.7. The van der Waals surface area contributed by atoms with Gasteiger partial charge in [-0.1, -0.05) is 200 Å². The Morgan fingerprint density at radius 2 is 0.672 bits per heavy atom. The maximum Gasteiger partial charge on any atom is 0.164 e. The van der Waals surface area contributed by atoms with Crippen LogP contribution in [0.5, 0.6) is 0 Å². The molecule has 0 bridgehead atoms. The summed E-state index contributed by atoms with van der Waals surface area (Å²) in [5, 5.41) is 9.62. The molecule has 2 heterocycles. The second kappa shape index (κ2) is 15.9. The molecule has 0 aliphatic rings. The Labute approximate surface area is 387 Å². The first-order chi connectivity index (χ1) is 33.2. The van der Waals surface area contributed by atoms with Gasteiger partial charge in [-0.2, -0.15) is 0 Å². The summed E-state index contributed by atoms with van der Waals surface area (Å²) in [5.41, 5.74) is 12.9. The Hall–Kier alpha value is -8.99. The highest BCUT2D eigenvalue weighted by Gasteiger charge is 2.18. The second-order valence-corrected chi connectivity index (χ2v) is 17.2. The molecule has 0 unspecified atom stereocenters. The summed E-state index contributed by atoms with van der Waals surface area (Å²) in [6.07, 6.45) is 0. The maximum absolute atomic E-state index is 5.34. The zero-order valence-corrected chi connectivity index (χ0v) is 36.4. The van der Waals surface area contributed by atoms with Crippen LogP contribution in [-0.2, 0) is 0 Å². The maximum atomic E-state index is 5.34. The van der Waals surface area contributed by atoms with Crippen molar-refractivity contribution < 1.29 is 0 Å². The van der Waals surface area contributed by atoms with Gasteiger partial charge in [0.25, 0.3) is 0 Å². The minimum atomic E-state index is 0.600. The van der Waals surface area contributed by atoms with Gasteiger partial charge < -0.3 is 4.57 Å². The molecule has 0 atom stereocenters. The van der Waals surface area contributed by atoms with Crippen LogP contribution in [0.25, 0.3) is 127 Å². The molecule has 0 aliphatic carbocycles. The van der Waals surface area contributed by atoms with Crippen molar-refractivity contribution in [3.63, 3.8) is 0 Å². The largest absolute Gasteiger partial charge is 0.309 e. The Bertz CT molecular complexity index is 3980. The second-order valence-electron chi connectivity index (χ2n) is 17.2. The van der Waals surface area contributed by atoms with Gasteiger partial charge in [-0.3, -0.25) is 0 Å². The van der Waals surface area contributed by atoms with Crippen LogP contribution in [-0.4, -0.2) is 19.5 Å². The number of para-hydroxylation sites is 2. The molecular formula is C63H40N4. The van der Waals surface area contributed by atoms with E-state index in [1.54, 1.807) is 0 Å². The van der Waals surface area contributed by atoms with Gasteiger partial charge in [0, 0.05) is 33.2 Å². The molecule has 13 aromatic rings. The predicted octanol–water partition coefficient (Wildman–Crippen LogP) is 16.4. The quantitative estimate of drug-likeness (QED) is 0.160. The highest BCUT2D eigenvalue weighted by molar-refractivity contribution is 6.09. The number of benzene rings is 11. The number of hydrogen-bond acceptors (Lipinski definition) is 3. The van der Waals surface area contributed by atoms with Crippen molar-refractivity contribution >= 4 is 54.1 Å². The minimum absolute atomic E-state index is 0.600. The van der Waals surface area contributed by atoms with Crippen LogP contribution in [0.15, 0.2) is 243 Å². The molecule has 0 aliphatic heterocycles. The molecule has 0 N–H and O–H groups in total. The average molecular weight is 853 g/mol. The number of aromatic nitrogens is 4. The Kier molecular flexibility index (Phi) is 9.14. The highest BCUT2D eigenvalue weighted by Crippen LogP contribution is 2.38. The molecule has 0 saturated carbocycles. The van der Waals surface area contributed by atoms with Crippen LogP contribution in [0.4, 0.5) is 0 Å². The zero-order chi connectivity index (χ0) is 44.3. The topological polar surface area (TPSA) is 43.6 Å². The molecule has 4 heteroatoms. The monoisotopic (exact) mass is 852 g/mol. The number of fused-ring (bicyclic) bond motifs is 6. The summed E-state index contributed by atoms with van der Waals surface area (Å²) >= 11 is 0. The van der Waals surface area contributed by atoms with Gasteiger partial charge in [0.1, 0.15) is 0 Å². The lowest BCUT2D eigenvalue weighted by Crippen LogP contribution is -2.02. The molecule has 0 radical (unpaired) electrons. The number of nitrogens with zero attached hydrogens (tertiary/aromatic N) is 4. The molecule has 0 saturated heterocycles. The van der Waals surface area contributed by atoms with Gasteiger partial charge in [0.15, 0.2) is 17.5 Å². The molecule has 67 heavy (non-hydrogen) atoms. The number of hydrogen-bond donors (Lipinski definition) is 0. The lowest BCUT2D eigenvalue weighted by Gasteiger charge is -2.15. The molecule has 13 rings (SSSR count). The van der Waals surface area contributed by atoms with Gasteiger partial charge in [-0.05, 0) is 108 Å². The fourth-order valence-corrected chi connectivity index (χ4v) is 9.83. The van der Waals surface area contributed by atoms with Gasteiger partial charge in [-0.15, -0.1) is 0 Å². The van der Waals surface area contributed by atoms with E-state index in [1.165, 1.54) is 54.4 Å². The first-order valence-electron chi connectivity index (χ1n) is 22.7. The molecule has 312 valence electrons. The molecule has 2 aromatic heterocycles. The SMILES string of the molecule is c1ccc2cc(-c3ccc(-c4cc(-c5nc(-c6ccc(-c7cccc8ccccc78)cc6)nc(-c6ccc7ccccc7c6)n5)cc(-n5c6ccccc6c6ccccc65)c4)cc3)ccc2c1. The standard InChI is InChI=1S/C63H40N4/c1-3-15-48-36-50(34-28-41(48)12-1)43-24-26-44(27-25-43)52-38-53(40-54(39-52)67-59-22-9-7-19-57(59)58-20-8-10-23-60(58)67)63-65-61(64-62(66-63)51-35-29-42-13-2-4-16-49(42)37-51)47-32-30-46(31-33-47)56-21-11-17-45-14-5-6-18-55(45)56/h1-40H. The van der Waals surface area contributed by atoms with E-state index in [0.717, 1.165) is 55.5 Å². The first kappa shape index (κ1) is 38.5. The summed E-state index contributed by atoms with van der Waals surface area (Å²) in [4.78, 5) is 15.9. The van der Waals surface area contributed by atoms with Crippen molar-refractivity contribution in [2.24, 2.45) is 0 Å². The molecule has 0 spiro atoms. The smallest absolute Gasteiger partial charge is 0.164 e. The van der Waals surface area contributed by atoms with Gasteiger partial charge >= 0.3 is 0 Å². The van der Waals surface area contributed by atoms with Gasteiger partial charge in [0.05, 0.1) is 11.0 Å². The van der Waals surface area contributed by atoms with Crippen LogP contribution in [0.2, 0.25) is 0 Å². The third-order valence-electron chi connectivity index (χ3n) is 13.2. The van der Waals surface area contributed by atoms with Crippen molar-refractivity contribution in [2.75, 3.05) is 0 Å². The summed E-state index contributed by atoms with van der Waals surface area (Å²) in [6, 6.07) is 86.7. The molecule has 4 nitrogen and oxygen atoms in total. The fourth-order valence-electron chi connectivity index (χ4n) is 9.83. The lowest BCUT2D eigenvalue weighted by molar-refractivity contribution is 1.07. The Morgan fingerprint density at radius 3 is 1.33 bits per heavy atom. The lowest BCUT2D eigenvalue weighted by atomic mass is 9.97. The van der Waals surface area contributed by atoms with Crippen LogP contribution >= 0.6 is 0 Å². The van der Waals surface area contributed by atoms with E-state index in [9.17, 15) is 0 Å². The van der Waals surface area contributed by atoms with Crippen molar-refractivity contribution in [1.82, 2.24) is 19.5 Å². The molecule has 0 amide bonds. The summed E-state index contributed by atoms with van der Waals surface area (Å²) < 4.78 is 2.37. The molecule has 11 aromatic carbocycles. The van der Waals surface area contributed by atoms with Crippen LogP contribution < -0.4 is 0 Å². The van der Waals surface area contributed by atoms with Crippen LogP contribution in [0, 0.1) is 0 Å². The van der Waals surface area contributed by atoms with E-state index >= 15 is 0 Å². The van der Waals surface area contributed by atoms with Gasteiger partial charge in [0.2, 0.25) is 0 Å². The third-order valence-corrected chi connectivity index (χ3v) is 13.2. The Morgan fingerprint density at radius 1 is 0.239 bits per heavy atom. The van der Waals surface area contributed by atoms with E-state index in [0.29, 0.717) is 17.5 Å². The van der Waals surface area contributed by atoms with Crippen molar-refractivity contribution in [3.8, 4) is 73.2 Å². The van der Waals surface area contributed by atoms with Crippen LogP contribution in [0.1, 0.15) is 0 Å². The average Bonchev–Trinajstić information content (AvgIpc) is 3.75. The van der Waals surface area contributed by atoms with Gasteiger partial charge in [-0.25, -0.2) is 15.0 Å².